The fourth-order valence-electron chi connectivity index (χ4n) is 3.64. The number of furan rings is 1. The second-order valence-electron chi connectivity index (χ2n) is 7.43. The van der Waals surface area contributed by atoms with E-state index in [-0.39, 0.29) is 0 Å². The van der Waals surface area contributed by atoms with Gasteiger partial charge in [-0.05, 0) is 61.3 Å². The van der Waals surface area contributed by atoms with E-state index >= 15 is 0 Å². The van der Waals surface area contributed by atoms with Crippen molar-refractivity contribution in [2.45, 2.75) is 25.9 Å². The van der Waals surface area contributed by atoms with Gasteiger partial charge in [-0.3, -0.25) is 9.88 Å². The Morgan fingerprint density at radius 2 is 1.83 bits per heavy atom. The van der Waals surface area contributed by atoms with Gasteiger partial charge >= 0.3 is 0 Å². The van der Waals surface area contributed by atoms with Gasteiger partial charge in [0.1, 0.15) is 5.76 Å². The molecule has 5 heteroatoms. The lowest BCUT2D eigenvalue weighted by Gasteiger charge is -2.21. The molecule has 0 fully saturated rings. The molecule has 4 aromatic rings. The third kappa shape index (κ3) is 5.62. The highest BCUT2D eigenvalue weighted by molar-refractivity contribution is 6.31. The number of nitrogens with zero attached hydrogens (tertiary/aromatic N) is 2. The first-order valence-corrected chi connectivity index (χ1v) is 10.7. The first-order valence-electron chi connectivity index (χ1n) is 10.3. The Bertz CT molecular complexity index is 1050. The van der Waals surface area contributed by atoms with Gasteiger partial charge in [0.25, 0.3) is 0 Å². The fourth-order valence-corrected chi connectivity index (χ4v) is 3.80. The van der Waals surface area contributed by atoms with Crippen LogP contribution in [0.4, 0.5) is 5.69 Å². The van der Waals surface area contributed by atoms with Gasteiger partial charge in [-0.15, -0.1) is 0 Å². The number of nitrogens with one attached hydrogen (secondary N) is 1. The molecule has 4 rings (SSSR count). The molecule has 0 radical (unpaired) electrons. The largest absolute Gasteiger partial charge is 0.468 e. The van der Waals surface area contributed by atoms with Crippen LogP contribution in [-0.2, 0) is 13.1 Å². The summed E-state index contributed by atoms with van der Waals surface area (Å²) in [6, 6.07) is 22.5. The summed E-state index contributed by atoms with van der Waals surface area (Å²) in [6.45, 7) is 3.68. The molecule has 0 amide bonds. The van der Waals surface area contributed by atoms with E-state index in [0.717, 1.165) is 61.4 Å². The number of rotatable bonds is 10. The molecule has 30 heavy (non-hydrogen) atoms. The van der Waals surface area contributed by atoms with E-state index < -0.39 is 0 Å². The van der Waals surface area contributed by atoms with E-state index in [0.29, 0.717) is 5.02 Å². The van der Waals surface area contributed by atoms with Gasteiger partial charge in [0.15, 0.2) is 0 Å². The number of benzene rings is 2. The van der Waals surface area contributed by atoms with Crippen molar-refractivity contribution in [2.75, 3.05) is 18.4 Å². The second-order valence-corrected chi connectivity index (χ2v) is 7.87. The molecule has 2 aromatic heterocycles. The van der Waals surface area contributed by atoms with E-state index in [4.69, 9.17) is 16.0 Å². The van der Waals surface area contributed by atoms with Crippen LogP contribution in [0.2, 0.25) is 5.02 Å². The molecular weight excluding hydrogens is 394 g/mol. The van der Waals surface area contributed by atoms with Crippen molar-refractivity contribution in [1.82, 2.24) is 9.88 Å². The van der Waals surface area contributed by atoms with Crippen molar-refractivity contribution < 1.29 is 4.42 Å². The Balaban J connectivity index is 1.30. The molecule has 0 atom stereocenters. The molecule has 0 unspecified atom stereocenters. The molecule has 0 saturated carbocycles. The van der Waals surface area contributed by atoms with Gasteiger partial charge in [0.2, 0.25) is 0 Å². The first-order chi connectivity index (χ1) is 14.8. The second kappa shape index (κ2) is 10.3. The van der Waals surface area contributed by atoms with Gasteiger partial charge in [0, 0.05) is 35.4 Å². The molecule has 4 nitrogen and oxygen atoms in total. The Morgan fingerprint density at radius 1 is 0.933 bits per heavy atom. The van der Waals surface area contributed by atoms with Gasteiger partial charge in [-0.2, -0.15) is 0 Å². The lowest BCUT2D eigenvalue weighted by atomic mass is 10.1. The minimum absolute atomic E-state index is 0.710. The molecule has 1 N–H and O–H groups in total. The summed E-state index contributed by atoms with van der Waals surface area (Å²) >= 11 is 6.08. The smallest absolute Gasteiger partial charge is 0.117 e. The van der Waals surface area contributed by atoms with Crippen LogP contribution in [0, 0.1) is 0 Å². The van der Waals surface area contributed by atoms with E-state index in [1.807, 2.05) is 42.6 Å². The first kappa shape index (κ1) is 20.5. The quantitative estimate of drug-likeness (QED) is 0.303. The highest BCUT2D eigenvalue weighted by Crippen LogP contribution is 2.24. The summed E-state index contributed by atoms with van der Waals surface area (Å²) in [5.41, 5.74) is 3.34. The standard InChI is InChI=1S/C25H26ClN3O/c26-21-10-11-23-24(12-14-28-25(23)17-21)27-13-4-5-15-29(19-22-9-6-16-30-22)18-20-7-2-1-3-8-20/h1-3,6-12,14,16-17H,4-5,13,15,18-19H2,(H,27,28). The highest BCUT2D eigenvalue weighted by Gasteiger charge is 2.09. The molecule has 0 aliphatic heterocycles. The van der Waals surface area contributed by atoms with Crippen LogP contribution in [0.5, 0.6) is 0 Å². The summed E-state index contributed by atoms with van der Waals surface area (Å²) in [6.07, 6.45) is 5.76. The van der Waals surface area contributed by atoms with Gasteiger partial charge in [-0.25, -0.2) is 0 Å². The van der Waals surface area contributed by atoms with E-state index in [9.17, 15) is 0 Å². The van der Waals surface area contributed by atoms with E-state index in [1.165, 1.54) is 5.56 Å². The van der Waals surface area contributed by atoms with Crippen molar-refractivity contribution >= 4 is 28.2 Å². The van der Waals surface area contributed by atoms with Crippen molar-refractivity contribution in [1.29, 1.82) is 0 Å². The van der Waals surface area contributed by atoms with Crippen LogP contribution in [0.25, 0.3) is 10.9 Å². The molecular formula is C25H26ClN3O. The summed E-state index contributed by atoms with van der Waals surface area (Å²) in [7, 11) is 0. The number of pyridine rings is 1. The monoisotopic (exact) mass is 419 g/mol. The minimum atomic E-state index is 0.710. The lowest BCUT2D eigenvalue weighted by molar-refractivity contribution is 0.231. The van der Waals surface area contributed by atoms with Crippen molar-refractivity contribution in [3.05, 3.63) is 95.5 Å². The highest BCUT2D eigenvalue weighted by atomic mass is 35.5. The molecule has 0 saturated heterocycles. The van der Waals surface area contributed by atoms with Crippen molar-refractivity contribution in [2.24, 2.45) is 0 Å². The number of aromatic nitrogens is 1. The normalized spacial score (nSPS) is 11.3. The van der Waals surface area contributed by atoms with Crippen LogP contribution >= 0.6 is 11.6 Å². The van der Waals surface area contributed by atoms with Crippen LogP contribution in [0.15, 0.2) is 83.6 Å². The zero-order valence-corrected chi connectivity index (χ0v) is 17.7. The Hall–Kier alpha value is -2.82. The number of hydrogen-bond acceptors (Lipinski definition) is 4. The summed E-state index contributed by atoms with van der Waals surface area (Å²) in [4.78, 5) is 6.85. The average molecular weight is 420 g/mol. The Labute approximate surface area is 182 Å². The van der Waals surface area contributed by atoms with Crippen LogP contribution in [-0.4, -0.2) is 23.0 Å². The molecule has 2 heterocycles. The fraction of sp³-hybridized carbons (Fsp3) is 0.240. The number of fused-ring (bicyclic) bond motifs is 1. The van der Waals surface area contributed by atoms with Crippen molar-refractivity contribution in [3.8, 4) is 0 Å². The maximum Gasteiger partial charge on any atom is 0.117 e. The van der Waals surface area contributed by atoms with Crippen LogP contribution < -0.4 is 5.32 Å². The maximum atomic E-state index is 6.08. The van der Waals surface area contributed by atoms with Crippen LogP contribution in [0.1, 0.15) is 24.2 Å². The number of halogens is 1. The number of unbranched alkanes of at least 4 members (excludes halogenated alkanes) is 1. The summed E-state index contributed by atoms with van der Waals surface area (Å²) in [5.74, 6) is 1.01. The predicted octanol–water partition coefficient (Wildman–Crippen LogP) is 6.38. The zero-order valence-electron chi connectivity index (χ0n) is 16.9. The zero-order chi connectivity index (χ0) is 20.6. The summed E-state index contributed by atoms with van der Waals surface area (Å²) in [5, 5.41) is 5.37. The molecule has 0 bridgehead atoms. The molecule has 0 aliphatic rings. The maximum absolute atomic E-state index is 6.08. The average Bonchev–Trinajstić information content (AvgIpc) is 3.27. The molecule has 154 valence electrons. The topological polar surface area (TPSA) is 41.3 Å². The predicted molar refractivity (Wildman–Crippen MR) is 124 cm³/mol. The number of hydrogen-bond donors (Lipinski definition) is 1. The van der Waals surface area contributed by atoms with E-state index in [2.05, 4.69) is 45.5 Å². The van der Waals surface area contributed by atoms with Gasteiger partial charge < -0.3 is 9.73 Å². The molecule has 2 aromatic carbocycles. The Kier molecular flexibility index (Phi) is 7.01. The third-order valence-electron chi connectivity index (χ3n) is 5.13. The number of anilines is 1. The Morgan fingerprint density at radius 3 is 2.67 bits per heavy atom. The van der Waals surface area contributed by atoms with Gasteiger partial charge in [0.05, 0.1) is 18.3 Å². The molecule has 0 aliphatic carbocycles. The lowest BCUT2D eigenvalue weighted by Crippen LogP contribution is -2.24. The molecule has 0 spiro atoms. The summed E-state index contributed by atoms with van der Waals surface area (Å²) < 4.78 is 5.57. The van der Waals surface area contributed by atoms with E-state index in [1.54, 1.807) is 6.26 Å². The van der Waals surface area contributed by atoms with Crippen LogP contribution in [0.3, 0.4) is 0 Å². The minimum Gasteiger partial charge on any atom is -0.468 e. The SMILES string of the molecule is Clc1ccc2c(NCCCCN(Cc3ccccc3)Cc3ccco3)ccnc2c1. The third-order valence-corrected chi connectivity index (χ3v) is 5.36. The van der Waals surface area contributed by atoms with Crippen molar-refractivity contribution in [3.63, 3.8) is 0 Å². The van der Waals surface area contributed by atoms with Gasteiger partial charge in [-0.1, -0.05) is 41.9 Å².